The van der Waals surface area contributed by atoms with Crippen LogP contribution >= 0.6 is 0 Å². The number of halogens is 2. The molecule has 0 fully saturated rings. The van der Waals surface area contributed by atoms with Gasteiger partial charge in [0.05, 0.1) is 6.04 Å². The zero-order valence-electron chi connectivity index (χ0n) is 12.4. The van der Waals surface area contributed by atoms with Crippen LogP contribution in [0.25, 0.3) is 0 Å². The maximum Gasteiger partial charge on any atom is 0.265 e. The highest BCUT2D eigenvalue weighted by molar-refractivity contribution is 5.82. The number of hydrogen-bond acceptors (Lipinski definition) is 3. The normalized spacial score (nSPS) is 17.4. The molecule has 0 unspecified atom stereocenters. The number of hydrogen-bond donors (Lipinski definition) is 1. The van der Waals surface area contributed by atoms with Crippen molar-refractivity contribution >= 4 is 5.91 Å². The first-order chi connectivity index (χ1) is 11.0. The molecule has 3 rings (SSSR count). The molecular formula is C17H15F2NO3. The van der Waals surface area contributed by atoms with Gasteiger partial charge in [-0.15, -0.1) is 0 Å². The van der Waals surface area contributed by atoms with Crippen molar-refractivity contribution in [3.8, 4) is 11.5 Å². The molecule has 23 heavy (non-hydrogen) atoms. The predicted octanol–water partition coefficient (Wildman–Crippen LogP) is 2.98. The van der Waals surface area contributed by atoms with Crippen LogP contribution < -0.4 is 14.8 Å². The van der Waals surface area contributed by atoms with Crippen LogP contribution in [-0.2, 0) is 4.79 Å². The van der Waals surface area contributed by atoms with Crippen LogP contribution in [0.3, 0.4) is 0 Å². The zero-order valence-corrected chi connectivity index (χ0v) is 12.4. The number of fused-ring (bicyclic) bond motifs is 1. The van der Waals surface area contributed by atoms with E-state index in [0.717, 1.165) is 12.1 Å². The average Bonchev–Trinajstić information content (AvgIpc) is 2.54. The van der Waals surface area contributed by atoms with Crippen molar-refractivity contribution < 1.29 is 23.0 Å². The highest BCUT2D eigenvalue weighted by atomic mass is 19.1. The van der Waals surface area contributed by atoms with Gasteiger partial charge in [-0.25, -0.2) is 8.78 Å². The number of para-hydroxylation sites is 2. The standard InChI is InChI=1S/C17H15F2NO3/c1-10(12-7-6-11(18)8-13(12)19)20-17(21)16-9-22-14-4-2-3-5-15(14)23-16/h2-8,10,16H,9H2,1H3,(H,20,21)/t10-,16+/m1/s1. The van der Waals surface area contributed by atoms with Gasteiger partial charge in [0, 0.05) is 11.6 Å². The van der Waals surface area contributed by atoms with E-state index in [-0.39, 0.29) is 12.2 Å². The number of ether oxygens (including phenoxy) is 2. The van der Waals surface area contributed by atoms with E-state index >= 15 is 0 Å². The third-order valence-electron chi connectivity index (χ3n) is 3.59. The molecule has 0 radical (unpaired) electrons. The maximum atomic E-state index is 13.7. The van der Waals surface area contributed by atoms with E-state index in [1.54, 1.807) is 25.1 Å². The van der Waals surface area contributed by atoms with Gasteiger partial charge in [-0.3, -0.25) is 4.79 Å². The monoisotopic (exact) mass is 319 g/mol. The molecule has 2 aromatic carbocycles. The van der Waals surface area contributed by atoms with Crippen LogP contribution in [0.15, 0.2) is 42.5 Å². The Labute approximate surface area is 132 Å². The summed E-state index contributed by atoms with van der Waals surface area (Å²) < 4.78 is 37.7. The molecule has 6 heteroatoms. The Morgan fingerprint density at radius 3 is 2.70 bits per heavy atom. The highest BCUT2D eigenvalue weighted by Crippen LogP contribution is 2.31. The number of rotatable bonds is 3. The van der Waals surface area contributed by atoms with Crippen molar-refractivity contribution in [3.63, 3.8) is 0 Å². The van der Waals surface area contributed by atoms with Gasteiger partial charge in [0.25, 0.3) is 5.91 Å². The summed E-state index contributed by atoms with van der Waals surface area (Å²) in [6.07, 6.45) is -0.823. The lowest BCUT2D eigenvalue weighted by atomic mass is 10.1. The first-order valence-electron chi connectivity index (χ1n) is 7.18. The SMILES string of the molecule is C[C@@H](NC(=O)[C@@H]1COc2ccccc2O1)c1ccc(F)cc1F. The fourth-order valence-corrected chi connectivity index (χ4v) is 2.39. The van der Waals surface area contributed by atoms with Crippen molar-refractivity contribution in [2.45, 2.75) is 19.1 Å². The lowest BCUT2D eigenvalue weighted by Gasteiger charge is -2.26. The van der Waals surface area contributed by atoms with Crippen molar-refractivity contribution in [2.24, 2.45) is 0 Å². The summed E-state index contributed by atoms with van der Waals surface area (Å²) in [5.74, 6) is -0.723. The molecule has 0 saturated carbocycles. The van der Waals surface area contributed by atoms with Gasteiger partial charge in [0.15, 0.2) is 11.5 Å². The van der Waals surface area contributed by atoms with E-state index in [1.165, 1.54) is 6.07 Å². The van der Waals surface area contributed by atoms with Crippen molar-refractivity contribution in [1.82, 2.24) is 5.32 Å². The quantitative estimate of drug-likeness (QED) is 0.946. The molecule has 0 aliphatic carbocycles. The summed E-state index contributed by atoms with van der Waals surface area (Å²) in [6, 6.07) is 9.66. The Balaban J connectivity index is 1.68. The number of nitrogens with one attached hydrogen (secondary N) is 1. The van der Waals surface area contributed by atoms with Crippen molar-refractivity contribution in [1.29, 1.82) is 0 Å². The molecule has 1 aliphatic rings. The molecular weight excluding hydrogens is 304 g/mol. The molecule has 120 valence electrons. The molecule has 2 atom stereocenters. The lowest BCUT2D eigenvalue weighted by molar-refractivity contribution is -0.131. The van der Waals surface area contributed by atoms with E-state index < -0.39 is 29.7 Å². The Morgan fingerprint density at radius 2 is 1.96 bits per heavy atom. The minimum atomic E-state index is -0.823. The van der Waals surface area contributed by atoms with E-state index in [2.05, 4.69) is 5.32 Å². The molecule has 1 N–H and O–H groups in total. The molecule has 0 spiro atoms. The predicted molar refractivity (Wildman–Crippen MR) is 79.3 cm³/mol. The highest BCUT2D eigenvalue weighted by Gasteiger charge is 2.28. The lowest BCUT2D eigenvalue weighted by Crippen LogP contribution is -2.44. The molecule has 1 aliphatic heterocycles. The van der Waals surface area contributed by atoms with Gasteiger partial charge in [0.1, 0.15) is 18.2 Å². The summed E-state index contributed by atoms with van der Waals surface area (Å²) in [5.41, 5.74) is 0.205. The smallest absolute Gasteiger partial charge is 0.265 e. The minimum Gasteiger partial charge on any atom is -0.485 e. The molecule has 4 nitrogen and oxygen atoms in total. The minimum absolute atomic E-state index is 0.0709. The summed E-state index contributed by atoms with van der Waals surface area (Å²) >= 11 is 0. The van der Waals surface area contributed by atoms with Gasteiger partial charge in [0.2, 0.25) is 6.10 Å². The zero-order chi connectivity index (χ0) is 16.4. The maximum absolute atomic E-state index is 13.7. The number of carbonyl (C=O) groups excluding carboxylic acids is 1. The van der Waals surface area contributed by atoms with Crippen LogP contribution in [-0.4, -0.2) is 18.6 Å². The van der Waals surface area contributed by atoms with Gasteiger partial charge in [-0.2, -0.15) is 0 Å². The topological polar surface area (TPSA) is 47.6 Å². The summed E-state index contributed by atoms with van der Waals surface area (Å²) in [4.78, 5) is 12.3. The summed E-state index contributed by atoms with van der Waals surface area (Å²) in [6.45, 7) is 1.69. The van der Waals surface area contributed by atoms with Crippen LogP contribution in [0.4, 0.5) is 8.78 Å². The Kier molecular flexibility index (Phi) is 4.14. The van der Waals surface area contributed by atoms with Crippen LogP contribution in [0.5, 0.6) is 11.5 Å². The molecule has 0 aromatic heterocycles. The second kappa shape index (κ2) is 6.24. The summed E-state index contributed by atoms with van der Waals surface area (Å²) in [5, 5.41) is 2.65. The second-order valence-corrected chi connectivity index (χ2v) is 5.26. The Hall–Kier alpha value is -2.63. The van der Waals surface area contributed by atoms with Gasteiger partial charge >= 0.3 is 0 Å². The van der Waals surface area contributed by atoms with E-state index in [0.29, 0.717) is 11.5 Å². The van der Waals surface area contributed by atoms with E-state index in [4.69, 9.17) is 9.47 Å². The van der Waals surface area contributed by atoms with Crippen LogP contribution in [0, 0.1) is 11.6 Å². The van der Waals surface area contributed by atoms with Gasteiger partial charge < -0.3 is 14.8 Å². The number of carbonyl (C=O) groups is 1. The molecule has 0 bridgehead atoms. The summed E-state index contributed by atoms with van der Waals surface area (Å²) in [7, 11) is 0. The molecule has 1 amide bonds. The van der Waals surface area contributed by atoms with E-state index in [1.807, 2.05) is 6.07 Å². The number of benzene rings is 2. The molecule has 0 saturated heterocycles. The van der Waals surface area contributed by atoms with Crippen LogP contribution in [0.1, 0.15) is 18.5 Å². The number of amides is 1. The first-order valence-corrected chi connectivity index (χ1v) is 7.18. The van der Waals surface area contributed by atoms with Crippen molar-refractivity contribution in [3.05, 3.63) is 59.7 Å². The molecule has 2 aromatic rings. The van der Waals surface area contributed by atoms with Gasteiger partial charge in [-0.1, -0.05) is 18.2 Å². The van der Waals surface area contributed by atoms with Crippen molar-refractivity contribution in [2.75, 3.05) is 6.61 Å². The van der Waals surface area contributed by atoms with Crippen LogP contribution in [0.2, 0.25) is 0 Å². The fraction of sp³-hybridized carbons (Fsp3) is 0.235. The van der Waals surface area contributed by atoms with Gasteiger partial charge in [-0.05, 0) is 25.1 Å². The Morgan fingerprint density at radius 1 is 1.22 bits per heavy atom. The average molecular weight is 319 g/mol. The third-order valence-corrected chi connectivity index (χ3v) is 3.59. The third kappa shape index (κ3) is 3.26. The largest absolute Gasteiger partial charge is 0.485 e. The van der Waals surface area contributed by atoms with E-state index in [9.17, 15) is 13.6 Å². The Bertz CT molecular complexity index is 736. The second-order valence-electron chi connectivity index (χ2n) is 5.26. The molecule has 1 heterocycles. The first kappa shape index (κ1) is 15.3. The fourth-order valence-electron chi connectivity index (χ4n) is 2.39.